The molecule has 3 amide bonds. The zero-order chi connectivity index (χ0) is 40.3. The van der Waals surface area contributed by atoms with Gasteiger partial charge >= 0.3 is 0 Å². The number of nitrogens with two attached hydrogens (primary N) is 1. The van der Waals surface area contributed by atoms with Crippen molar-refractivity contribution in [3.05, 3.63) is 74.9 Å². The van der Waals surface area contributed by atoms with Gasteiger partial charge in [-0.3, -0.25) is 29.1 Å². The molecule has 21 heteroatoms. The van der Waals surface area contributed by atoms with Crippen molar-refractivity contribution in [2.45, 2.75) is 47.6 Å². The van der Waals surface area contributed by atoms with E-state index in [1.165, 1.54) is 60.7 Å². The lowest BCUT2D eigenvalue weighted by atomic mass is 10.3. The van der Waals surface area contributed by atoms with Crippen LogP contribution in [-0.4, -0.2) is 104 Å². The Labute approximate surface area is 337 Å². The molecule has 0 bridgehead atoms. The van der Waals surface area contributed by atoms with Gasteiger partial charge in [-0.2, -0.15) is 5.26 Å². The fraction of sp³-hybridized carbons (Fsp3) is 0.394. The minimum absolute atomic E-state index is 0. The number of aromatic nitrogens is 8. The number of rotatable bonds is 4. The number of nitrogens with zero attached hydrogens (tertiary/aromatic N) is 12. The van der Waals surface area contributed by atoms with Gasteiger partial charge in [0.25, 0.3) is 0 Å². The van der Waals surface area contributed by atoms with E-state index in [0.29, 0.717) is 30.0 Å². The zero-order valence-electron chi connectivity index (χ0n) is 30.3. The van der Waals surface area contributed by atoms with Crippen molar-refractivity contribution in [2.24, 2.45) is 5.73 Å². The number of amides is 3. The lowest BCUT2D eigenvalue weighted by molar-refractivity contribution is -0.117. The Hall–Kier alpha value is -4.65. The Balaban J connectivity index is 0. The van der Waals surface area contributed by atoms with Crippen LogP contribution < -0.4 is 20.4 Å². The summed E-state index contributed by atoms with van der Waals surface area (Å²) in [6.07, 6.45) is 14.9. The molecule has 0 spiro atoms. The third-order valence-corrected chi connectivity index (χ3v) is 7.05. The summed E-state index contributed by atoms with van der Waals surface area (Å²) in [7, 11) is 5.83. The Bertz CT molecular complexity index is 1650. The van der Waals surface area contributed by atoms with Crippen LogP contribution in [-0.2, 0) is 25.7 Å². The molecule has 3 N–H and O–H groups in total. The van der Waals surface area contributed by atoms with Crippen molar-refractivity contribution in [3.8, 4) is 6.07 Å². The molecule has 1 aliphatic rings. The molecular formula is C33H46Br2ClN13O5. The van der Waals surface area contributed by atoms with Crippen LogP contribution in [0.4, 0.5) is 17.8 Å². The minimum Gasteiger partial charge on any atom is -0.400 e. The molecule has 1 fully saturated rings. The van der Waals surface area contributed by atoms with E-state index in [-0.39, 0.29) is 30.4 Å². The van der Waals surface area contributed by atoms with Crippen LogP contribution in [0.15, 0.2) is 58.5 Å². The van der Waals surface area contributed by atoms with Gasteiger partial charge in [0.1, 0.15) is 6.07 Å². The van der Waals surface area contributed by atoms with Gasteiger partial charge in [0, 0.05) is 112 Å². The summed E-state index contributed by atoms with van der Waals surface area (Å²) in [5.41, 5.74) is 6.60. The quantitative estimate of drug-likeness (QED) is 0.270. The van der Waals surface area contributed by atoms with E-state index in [4.69, 9.17) is 32.4 Å². The largest absolute Gasteiger partial charge is 0.400 e. The van der Waals surface area contributed by atoms with Gasteiger partial charge in [0.2, 0.25) is 40.9 Å². The second kappa shape index (κ2) is 29.8. The van der Waals surface area contributed by atoms with Gasteiger partial charge in [-0.25, -0.2) is 39.9 Å². The zero-order valence-corrected chi connectivity index (χ0v) is 34.2. The van der Waals surface area contributed by atoms with E-state index in [2.05, 4.69) is 71.7 Å². The molecule has 1 saturated heterocycles. The number of hydrogen-bond acceptors (Lipinski definition) is 15. The molecule has 0 saturated carbocycles. The van der Waals surface area contributed by atoms with E-state index in [9.17, 15) is 14.4 Å². The molecule has 5 heterocycles. The second-order valence-electron chi connectivity index (χ2n) is 9.90. The minimum atomic E-state index is -0.148. The molecule has 54 heavy (non-hydrogen) atoms. The molecule has 0 aliphatic carbocycles. The fourth-order valence-electron chi connectivity index (χ4n) is 2.89. The van der Waals surface area contributed by atoms with Crippen molar-refractivity contribution in [3.63, 3.8) is 0 Å². The maximum Gasteiger partial charge on any atom is 0.231 e. The van der Waals surface area contributed by atoms with Gasteiger partial charge in [-0.1, -0.05) is 7.43 Å². The normalized spacial score (nSPS) is 10.4. The summed E-state index contributed by atoms with van der Waals surface area (Å²) in [4.78, 5) is 67.6. The Morgan fingerprint density at radius 1 is 0.722 bits per heavy atom. The molecule has 0 aromatic carbocycles. The SMILES string of the molecule is C.C1CCOC1.CC(=O)N(C)c1ncc(Br)cn1.CC(=O)N(C)c1ncc(C#N)cn1.CC(=O)N(C)c1ncc(CN)cn1.CO.Clc1ncc(Br)cn1. The maximum atomic E-state index is 10.9. The lowest BCUT2D eigenvalue weighted by Gasteiger charge is -2.11. The topological polar surface area (TPSA) is 243 Å². The standard InChI is InChI=1S/C8H12N4O.C8H8N4O.C7H8BrN3O.C4H2BrClN2.C4H8O.CH4O.CH4/c2*1-6(13)12(2)8-10-4-7(3-9)5-11-8;1-5(12)11(2)7-9-3-6(8)4-10-7;5-3-1-7-4(6)8-2-3;1-2-4-5-3-1;1-2;/h4-5H,3,9H2,1-2H3;4-5H,1-2H3;3-4H,1-2H3;1-2H;1-4H2;2H,1H3;1H4. The average Bonchev–Trinajstić information content (AvgIpc) is 3.78. The van der Waals surface area contributed by atoms with Crippen molar-refractivity contribution in [1.82, 2.24) is 39.9 Å². The van der Waals surface area contributed by atoms with Gasteiger partial charge in [-0.05, 0) is 56.3 Å². The van der Waals surface area contributed by atoms with Crippen molar-refractivity contribution in [1.29, 1.82) is 5.26 Å². The van der Waals surface area contributed by atoms with Crippen LogP contribution in [0, 0.1) is 11.3 Å². The number of halogens is 3. The third-order valence-electron chi connectivity index (χ3n) is 6.03. The number of aliphatic hydroxyl groups excluding tert-OH is 1. The molecule has 18 nitrogen and oxygen atoms in total. The van der Waals surface area contributed by atoms with E-state index in [1.807, 2.05) is 6.07 Å². The van der Waals surface area contributed by atoms with Crippen LogP contribution in [0.5, 0.6) is 0 Å². The lowest BCUT2D eigenvalue weighted by Crippen LogP contribution is -2.25. The van der Waals surface area contributed by atoms with Crippen LogP contribution in [0.3, 0.4) is 0 Å². The molecule has 0 radical (unpaired) electrons. The van der Waals surface area contributed by atoms with Gasteiger partial charge < -0.3 is 15.6 Å². The monoisotopic (exact) mass is 897 g/mol. The first-order valence-corrected chi connectivity index (χ1v) is 17.3. The fourth-order valence-corrected chi connectivity index (χ4v) is 3.39. The average molecular weight is 900 g/mol. The van der Waals surface area contributed by atoms with E-state index in [0.717, 1.165) is 34.8 Å². The van der Waals surface area contributed by atoms with E-state index in [1.54, 1.807) is 58.3 Å². The first-order chi connectivity index (χ1) is 25.2. The maximum absolute atomic E-state index is 10.9. The number of nitriles is 1. The first-order valence-electron chi connectivity index (χ1n) is 15.3. The highest BCUT2D eigenvalue weighted by Gasteiger charge is 2.09. The molecule has 0 unspecified atom stereocenters. The molecular weight excluding hydrogens is 854 g/mol. The summed E-state index contributed by atoms with van der Waals surface area (Å²) >= 11 is 11.7. The predicted octanol–water partition coefficient (Wildman–Crippen LogP) is 4.40. The Morgan fingerprint density at radius 2 is 1.04 bits per heavy atom. The number of carbonyl (C=O) groups is 3. The summed E-state index contributed by atoms with van der Waals surface area (Å²) in [6, 6.07) is 1.89. The van der Waals surface area contributed by atoms with Crippen LogP contribution in [0.2, 0.25) is 5.28 Å². The molecule has 1 aliphatic heterocycles. The summed E-state index contributed by atoms with van der Waals surface area (Å²) < 4.78 is 6.57. The van der Waals surface area contributed by atoms with E-state index >= 15 is 0 Å². The van der Waals surface area contributed by atoms with Crippen LogP contribution >= 0.6 is 43.5 Å². The molecule has 0 atom stereocenters. The molecule has 4 aromatic heterocycles. The number of carbonyl (C=O) groups excluding carboxylic acids is 3. The number of hydrogen-bond donors (Lipinski definition) is 2. The molecule has 5 rings (SSSR count). The highest BCUT2D eigenvalue weighted by molar-refractivity contribution is 9.10. The van der Waals surface area contributed by atoms with Crippen molar-refractivity contribution < 1.29 is 24.2 Å². The molecule has 294 valence electrons. The van der Waals surface area contributed by atoms with Gasteiger partial charge in [-0.15, -0.1) is 0 Å². The van der Waals surface area contributed by atoms with Crippen molar-refractivity contribution in [2.75, 3.05) is 56.2 Å². The second-order valence-corrected chi connectivity index (χ2v) is 12.1. The van der Waals surface area contributed by atoms with Crippen LogP contribution in [0.25, 0.3) is 0 Å². The van der Waals surface area contributed by atoms with Crippen LogP contribution in [0.1, 0.15) is 52.2 Å². The third kappa shape index (κ3) is 21.8. The predicted molar refractivity (Wildman–Crippen MR) is 213 cm³/mol. The number of ether oxygens (including phenoxy) is 1. The van der Waals surface area contributed by atoms with Gasteiger partial charge in [0.15, 0.2) is 0 Å². The van der Waals surface area contributed by atoms with Gasteiger partial charge in [0.05, 0.1) is 26.9 Å². The highest BCUT2D eigenvalue weighted by atomic mass is 79.9. The summed E-state index contributed by atoms with van der Waals surface area (Å²) in [5.74, 6) is 0.768. The summed E-state index contributed by atoms with van der Waals surface area (Å²) in [5, 5.41) is 15.7. The number of anilines is 3. The molecule has 4 aromatic rings. The van der Waals surface area contributed by atoms with Crippen molar-refractivity contribution >= 4 is 79.0 Å². The Kier molecular flexibility index (Phi) is 28.4. The Morgan fingerprint density at radius 3 is 1.30 bits per heavy atom. The van der Waals surface area contributed by atoms with E-state index < -0.39 is 0 Å². The number of aliphatic hydroxyl groups is 1. The smallest absolute Gasteiger partial charge is 0.231 e. The first kappa shape index (κ1) is 51.5. The highest BCUT2D eigenvalue weighted by Crippen LogP contribution is 2.10. The summed E-state index contributed by atoms with van der Waals surface area (Å²) in [6.45, 7) is 6.75.